The van der Waals surface area contributed by atoms with Gasteiger partial charge in [-0.15, -0.1) is 6.58 Å². The van der Waals surface area contributed by atoms with E-state index in [-0.39, 0.29) is 5.91 Å². The van der Waals surface area contributed by atoms with Crippen molar-refractivity contribution in [2.24, 2.45) is 0 Å². The Bertz CT molecular complexity index is 879. The van der Waals surface area contributed by atoms with Crippen molar-refractivity contribution in [3.63, 3.8) is 0 Å². The van der Waals surface area contributed by atoms with Gasteiger partial charge in [0.25, 0.3) is 11.6 Å². The molecule has 2 aromatic heterocycles. The summed E-state index contributed by atoms with van der Waals surface area (Å²) in [6.07, 6.45) is 1.64. The van der Waals surface area contributed by atoms with Crippen molar-refractivity contribution in [3.05, 3.63) is 59.8 Å². The van der Waals surface area contributed by atoms with Crippen molar-refractivity contribution in [2.75, 3.05) is 6.54 Å². The summed E-state index contributed by atoms with van der Waals surface area (Å²) < 4.78 is 5.35. The molecule has 0 aliphatic heterocycles. The van der Waals surface area contributed by atoms with Crippen LogP contribution < -0.4 is 5.32 Å². The molecule has 5 nitrogen and oxygen atoms in total. The predicted molar refractivity (Wildman–Crippen MR) is 89.2 cm³/mol. The minimum absolute atomic E-state index is 0.197. The van der Waals surface area contributed by atoms with E-state index in [2.05, 4.69) is 22.0 Å². The first-order chi connectivity index (χ1) is 11.1. The fourth-order valence-corrected chi connectivity index (χ4v) is 2.42. The average molecular weight is 307 g/mol. The zero-order valence-electron chi connectivity index (χ0n) is 13.1. The minimum Gasteiger partial charge on any atom is -0.349 e. The summed E-state index contributed by atoms with van der Waals surface area (Å²) in [4.78, 5) is 16.8. The van der Waals surface area contributed by atoms with Crippen LogP contribution in [0.15, 0.2) is 47.5 Å². The normalized spacial score (nSPS) is 10.7. The third kappa shape index (κ3) is 2.85. The van der Waals surface area contributed by atoms with E-state index < -0.39 is 0 Å². The van der Waals surface area contributed by atoms with Crippen LogP contribution in [0.3, 0.4) is 0 Å². The van der Waals surface area contributed by atoms with Gasteiger partial charge in [-0.05, 0) is 19.9 Å². The molecule has 3 rings (SSSR count). The number of hydrogen-bond donors (Lipinski definition) is 1. The number of fused-ring (bicyclic) bond motifs is 1. The lowest BCUT2D eigenvalue weighted by Gasteiger charge is -2.06. The highest BCUT2D eigenvalue weighted by Crippen LogP contribution is 2.30. The van der Waals surface area contributed by atoms with E-state index in [1.54, 1.807) is 12.1 Å². The number of pyridine rings is 1. The second-order valence-corrected chi connectivity index (χ2v) is 5.39. The average Bonchev–Trinajstić information content (AvgIpc) is 2.96. The van der Waals surface area contributed by atoms with Gasteiger partial charge in [-0.2, -0.15) is 0 Å². The number of aryl methyl sites for hydroxylation is 2. The molecular formula is C18H17N3O2. The summed E-state index contributed by atoms with van der Waals surface area (Å²) in [7, 11) is 0. The lowest BCUT2D eigenvalue weighted by atomic mass is 10.0. The van der Waals surface area contributed by atoms with Gasteiger partial charge in [0.1, 0.15) is 5.69 Å². The molecule has 0 aliphatic carbocycles. The fraction of sp³-hybridized carbons (Fsp3) is 0.167. The zero-order chi connectivity index (χ0) is 16.4. The van der Waals surface area contributed by atoms with Crippen molar-refractivity contribution >= 4 is 17.0 Å². The molecule has 0 radical (unpaired) electrons. The van der Waals surface area contributed by atoms with Gasteiger partial charge in [-0.3, -0.25) is 4.79 Å². The van der Waals surface area contributed by atoms with E-state index >= 15 is 0 Å². The molecule has 0 fully saturated rings. The monoisotopic (exact) mass is 307 g/mol. The summed E-state index contributed by atoms with van der Waals surface area (Å²) >= 11 is 0. The predicted octanol–water partition coefficient (Wildman–Crippen LogP) is 3.42. The molecule has 1 aromatic carbocycles. The summed E-state index contributed by atoms with van der Waals surface area (Å²) in [5, 5.41) is 7.54. The summed E-state index contributed by atoms with van der Waals surface area (Å²) in [6.45, 7) is 7.84. The number of carbonyl (C=O) groups excluding carboxylic acids is 1. The van der Waals surface area contributed by atoms with Crippen molar-refractivity contribution in [2.45, 2.75) is 13.8 Å². The third-order valence-corrected chi connectivity index (χ3v) is 3.55. The number of nitrogens with zero attached hydrogens (tertiary/aromatic N) is 2. The topological polar surface area (TPSA) is 68.0 Å². The molecule has 0 saturated carbocycles. The maximum atomic E-state index is 12.4. The van der Waals surface area contributed by atoms with E-state index in [0.29, 0.717) is 34.6 Å². The van der Waals surface area contributed by atoms with Crippen LogP contribution in [0.4, 0.5) is 0 Å². The Morgan fingerprint density at radius 1 is 1.30 bits per heavy atom. The Morgan fingerprint density at radius 3 is 2.74 bits per heavy atom. The molecule has 2 heterocycles. The van der Waals surface area contributed by atoms with Crippen LogP contribution in [0.5, 0.6) is 0 Å². The summed E-state index contributed by atoms with van der Waals surface area (Å²) in [5.74, 6) is -0.197. The highest BCUT2D eigenvalue weighted by atomic mass is 16.5. The maximum Gasteiger partial charge on any atom is 0.259 e. The van der Waals surface area contributed by atoms with Gasteiger partial charge >= 0.3 is 0 Å². The molecule has 0 aliphatic rings. The molecule has 0 atom stereocenters. The maximum absolute atomic E-state index is 12.4. The van der Waals surface area contributed by atoms with Crippen LogP contribution in [0.1, 0.15) is 21.6 Å². The number of carbonyl (C=O) groups is 1. The number of amides is 1. The van der Waals surface area contributed by atoms with Gasteiger partial charge < -0.3 is 9.84 Å². The third-order valence-electron chi connectivity index (χ3n) is 3.55. The summed E-state index contributed by atoms with van der Waals surface area (Å²) in [6, 6.07) is 9.65. The Hall–Kier alpha value is -2.95. The number of nitrogens with one attached hydrogen (secondary N) is 1. The molecule has 0 unspecified atom stereocenters. The number of benzene rings is 1. The largest absolute Gasteiger partial charge is 0.349 e. The lowest BCUT2D eigenvalue weighted by Crippen LogP contribution is -2.23. The van der Waals surface area contributed by atoms with Gasteiger partial charge in [0.05, 0.1) is 10.9 Å². The molecule has 3 aromatic rings. The van der Waals surface area contributed by atoms with Crippen molar-refractivity contribution in [3.8, 4) is 11.3 Å². The van der Waals surface area contributed by atoms with E-state index in [0.717, 1.165) is 11.1 Å². The molecule has 1 amide bonds. The quantitative estimate of drug-likeness (QED) is 0.750. The SMILES string of the molecule is C=CCNC(=O)c1cc(C)nc2onc(-c3ccc(C)cc3)c12. The number of hydrogen-bond acceptors (Lipinski definition) is 4. The highest BCUT2D eigenvalue weighted by Gasteiger charge is 2.20. The fourth-order valence-electron chi connectivity index (χ4n) is 2.42. The van der Waals surface area contributed by atoms with Gasteiger partial charge in [0.15, 0.2) is 0 Å². The molecule has 116 valence electrons. The summed E-state index contributed by atoms with van der Waals surface area (Å²) in [5.41, 5.74) is 4.23. The van der Waals surface area contributed by atoms with Gasteiger partial charge in [0, 0.05) is 17.8 Å². The van der Waals surface area contributed by atoms with Gasteiger partial charge in [-0.25, -0.2) is 4.98 Å². The molecular weight excluding hydrogens is 290 g/mol. The molecule has 0 spiro atoms. The van der Waals surface area contributed by atoms with Crippen molar-refractivity contribution < 1.29 is 9.32 Å². The number of aromatic nitrogens is 2. The Balaban J connectivity index is 2.18. The van der Waals surface area contributed by atoms with Crippen LogP contribution in [0.25, 0.3) is 22.4 Å². The highest BCUT2D eigenvalue weighted by molar-refractivity contribution is 6.09. The molecule has 1 N–H and O–H groups in total. The molecule has 0 saturated heterocycles. The second-order valence-electron chi connectivity index (χ2n) is 5.39. The minimum atomic E-state index is -0.197. The zero-order valence-corrected chi connectivity index (χ0v) is 13.1. The second kappa shape index (κ2) is 6.04. The molecule has 0 bridgehead atoms. The first kappa shape index (κ1) is 15.0. The van der Waals surface area contributed by atoms with E-state index in [1.807, 2.05) is 38.1 Å². The van der Waals surface area contributed by atoms with Crippen molar-refractivity contribution in [1.82, 2.24) is 15.5 Å². The Kier molecular flexibility index (Phi) is 3.93. The van der Waals surface area contributed by atoms with Crippen LogP contribution in [-0.4, -0.2) is 22.6 Å². The van der Waals surface area contributed by atoms with Gasteiger partial charge in [-0.1, -0.05) is 41.1 Å². The Morgan fingerprint density at radius 2 is 2.04 bits per heavy atom. The van der Waals surface area contributed by atoms with Crippen LogP contribution in [-0.2, 0) is 0 Å². The Labute approximate surface area is 134 Å². The van der Waals surface area contributed by atoms with E-state index in [4.69, 9.17) is 4.52 Å². The van der Waals surface area contributed by atoms with Crippen molar-refractivity contribution in [1.29, 1.82) is 0 Å². The molecule has 5 heteroatoms. The van der Waals surface area contributed by atoms with Crippen LogP contribution >= 0.6 is 0 Å². The van der Waals surface area contributed by atoms with Crippen LogP contribution in [0.2, 0.25) is 0 Å². The molecule has 23 heavy (non-hydrogen) atoms. The first-order valence-corrected chi connectivity index (χ1v) is 7.33. The number of rotatable bonds is 4. The van der Waals surface area contributed by atoms with E-state index in [9.17, 15) is 4.79 Å². The first-order valence-electron chi connectivity index (χ1n) is 7.33. The smallest absolute Gasteiger partial charge is 0.259 e. The van der Waals surface area contributed by atoms with E-state index in [1.165, 1.54) is 0 Å². The van der Waals surface area contributed by atoms with Crippen LogP contribution in [0, 0.1) is 13.8 Å². The van der Waals surface area contributed by atoms with Gasteiger partial charge in [0.2, 0.25) is 0 Å². The standard InChI is InChI=1S/C18H17N3O2/c1-4-9-19-17(22)14-10-12(3)20-18-15(14)16(21-23-18)13-7-5-11(2)6-8-13/h4-8,10H,1,9H2,2-3H3,(H,19,22). The lowest BCUT2D eigenvalue weighted by molar-refractivity contribution is 0.0959.